The normalized spacial score (nSPS) is 11.0. The van der Waals surface area contributed by atoms with Gasteiger partial charge in [-0.25, -0.2) is 0 Å². The standard InChI is InChI=1S/C12H22N4O3/c1-5-10-13-11(19-14-10)8-16(6-7-18-4)9-12(17)15(2)3/h5-9H2,1-4H3. The number of hydrogen-bond acceptors (Lipinski definition) is 6. The Balaban J connectivity index is 2.60. The summed E-state index contributed by atoms with van der Waals surface area (Å²) in [5.74, 6) is 1.24. The van der Waals surface area contributed by atoms with Crippen molar-refractivity contribution in [2.24, 2.45) is 0 Å². The van der Waals surface area contributed by atoms with Crippen molar-refractivity contribution in [2.45, 2.75) is 19.9 Å². The highest BCUT2D eigenvalue weighted by Crippen LogP contribution is 2.03. The van der Waals surface area contributed by atoms with Crippen molar-refractivity contribution in [3.63, 3.8) is 0 Å². The first kappa shape index (κ1) is 15.6. The lowest BCUT2D eigenvalue weighted by atomic mass is 10.4. The Kier molecular flexibility index (Phi) is 6.44. The number of methoxy groups -OCH3 is 1. The molecule has 0 aliphatic carbocycles. The zero-order valence-electron chi connectivity index (χ0n) is 12.0. The maximum absolute atomic E-state index is 11.7. The van der Waals surface area contributed by atoms with E-state index >= 15 is 0 Å². The molecule has 0 aliphatic heterocycles. The van der Waals surface area contributed by atoms with Crippen LogP contribution in [0.15, 0.2) is 4.52 Å². The van der Waals surface area contributed by atoms with Crippen LogP contribution >= 0.6 is 0 Å². The Morgan fingerprint density at radius 1 is 1.42 bits per heavy atom. The third-order valence-corrected chi connectivity index (χ3v) is 2.65. The van der Waals surface area contributed by atoms with Crippen LogP contribution in [-0.4, -0.2) is 66.7 Å². The molecule has 108 valence electrons. The second-order valence-electron chi connectivity index (χ2n) is 4.45. The molecule has 1 amide bonds. The number of amides is 1. The first-order valence-electron chi connectivity index (χ1n) is 6.29. The molecule has 7 nitrogen and oxygen atoms in total. The molecule has 0 atom stereocenters. The summed E-state index contributed by atoms with van der Waals surface area (Å²) in [7, 11) is 5.10. The van der Waals surface area contributed by atoms with Crippen LogP contribution in [0.25, 0.3) is 0 Å². The van der Waals surface area contributed by atoms with E-state index < -0.39 is 0 Å². The maximum Gasteiger partial charge on any atom is 0.240 e. The van der Waals surface area contributed by atoms with Crippen molar-refractivity contribution < 1.29 is 14.1 Å². The van der Waals surface area contributed by atoms with Gasteiger partial charge in [0.15, 0.2) is 5.82 Å². The van der Waals surface area contributed by atoms with Gasteiger partial charge in [0.25, 0.3) is 0 Å². The SMILES string of the molecule is CCc1noc(CN(CCOC)CC(=O)N(C)C)n1. The fourth-order valence-electron chi connectivity index (χ4n) is 1.46. The van der Waals surface area contributed by atoms with Crippen molar-refractivity contribution in [1.82, 2.24) is 19.9 Å². The van der Waals surface area contributed by atoms with Crippen LogP contribution in [0.3, 0.4) is 0 Å². The topological polar surface area (TPSA) is 71.7 Å². The Morgan fingerprint density at radius 2 is 2.16 bits per heavy atom. The van der Waals surface area contributed by atoms with Crippen molar-refractivity contribution in [3.8, 4) is 0 Å². The lowest BCUT2D eigenvalue weighted by molar-refractivity contribution is -0.130. The summed E-state index contributed by atoms with van der Waals surface area (Å²) in [6, 6.07) is 0. The van der Waals surface area contributed by atoms with E-state index in [4.69, 9.17) is 9.26 Å². The van der Waals surface area contributed by atoms with Gasteiger partial charge in [0.1, 0.15) is 0 Å². The molecule has 0 spiro atoms. The number of rotatable bonds is 8. The summed E-state index contributed by atoms with van der Waals surface area (Å²) in [6.07, 6.45) is 0.734. The van der Waals surface area contributed by atoms with Gasteiger partial charge in [-0.1, -0.05) is 12.1 Å². The highest BCUT2D eigenvalue weighted by Gasteiger charge is 2.15. The molecule has 1 heterocycles. The van der Waals surface area contributed by atoms with E-state index in [1.54, 1.807) is 26.1 Å². The number of carbonyl (C=O) groups is 1. The summed E-state index contributed by atoms with van der Waals surface area (Å²) < 4.78 is 10.2. The largest absolute Gasteiger partial charge is 0.383 e. The smallest absolute Gasteiger partial charge is 0.240 e. The average molecular weight is 270 g/mol. The van der Waals surface area contributed by atoms with Crippen LogP contribution < -0.4 is 0 Å². The summed E-state index contributed by atoms with van der Waals surface area (Å²) in [5, 5.41) is 3.84. The Hall–Kier alpha value is -1.47. The molecule has 7 heteroatoms. The Morgan fingerprint density at radius 3 is 2.68 bits per heavy atom. The molecule has 0 bridgehead atoms. The molecule has 0 N–H and O–H groups in total. The van der Waals surface area contributed by atoms with Crippen molar-refractivity contribution >= 4 is 5.91 Å². The monoisotopic (exact) mass is 270 g/mol. The first-order chi connectivity index (χ1) is 9.06. The second kappa shape index (κ2) is 7.85. The van der Waals surface area contributed by atoms with Crippen LogP contribution in [0.2, 0.25) is 0 Å². The number of nitrogens with zero attached hydrogens (tertiary/aromatic N) is 4. The second-order valence-corrected chi connectivity index (χ2v) is 4.45. The van der Waals surface area contributed by atoms with Crippen molar-refractivity contribution in [2.75, 3.05) is 40.9 Å². The van der Waals surface area contributed by atoms with E-state index in [0.29, 0.717) is 38.0 Å². The van der Waals surface area contributed by atoms with Crippen LogP contribution in [0, 0.1) is 0 Å². The van der Waals surface area contributed by atoms with Gasteiger partial charge in [0.2, 0.25) is 11.8 Å². The summed E-state index contributed by atoms with van der Waals surface area (Å²) >= 11 is 0. The predicted molar refractivity (Wildman–Crippen MR) is 69.5 cm³/mol. The maximum atomic E-state index is 11.7. The quantitative estimate of drug-likeness (QED) is 0.670. The third kappa shape index (κ3) is 5.35. The molecule has 0 saturated carbocycles. The van der Waals surface area contributed by atoms with E-state index in [0.717, 1.165) is 6.42 Å². The van der Waals surface area contributed by atoms with Crippen LogP contribution in [0.1, 0.15) is 18.6 Å². The molecular weight excluding hydrogens is 248 g/mol. The van der Waals surface area contributed by atoms with Gasteiger partial charge < -0.3 is 14.2 Å². The van der Waals surface area contributed by atoms with Gasteiger partial charge in [-0.05, 0) is 0 Å². The number of aryl methyl sites for hydroxylation is 1. The van der Waals surface area contributed by atoms with Gasteiger partial charge in [-0.3, -0.25) is 9.69 Å². The minimum absolute atomic E-state index is 0.0336. The summed E-state index contributed by atoms with van der Waals surface area (Å²) in [6.45, 7) is 3.92. The summed E-state index contributed by atoms with van der Waals surface area (Å²) in [4.78, 5) is 19.5. The van der Waals surface area contributed by atoms with E-state index in [2.05, 4.69) is 10.1 Å². The Bertz CT molecular complexity index is 392. The van der Waals surface area contributed by atoms with E-state index in [-0.39, 0.29) is 5.91 Å². The predicted octanol–water partition coefficient (Wildman–Crippen LogP) is 0.169. The first-order valence-corrected chi connectivity index (χ1v) is 6.29. The van der Waals surface area contributed by atoms with Crippen LogP contribution in [-0.2, 0) is 22.5 Å². The third-order valence-electron chi connectivity index (χ3n) is 2.65. The number of hydrogen-bond donors (Lipinski definition) is 0. The molecule has 0 aromatic carbocycles. The van der Waals surface area contributed by atoms with Crippen LogP contribution in [0.4, 0.5) is 0 Å². The van der Waals surface area contributed by atoms with Gasteiger partial charge >= 0.3 is 0 Å². The number of aromatic nitrogens is 2. The highest BCUT2D eigenvalue weighted by atomic mass is 16.5. The zero-order chi connectivity index (χ0) is 14.3. The molecular formula is C12H22N4O3. The fraction of sp³-hybridized carbons (Fsp3) is 0.750. The summed E-state index contributed by atoms with van der Waals surface area (Å²) in [5.41, 5.74) is 0. The van der Waals surface area contributed by atoms with Crippen molar-refractivity contribution in [1.29, 1.82) is 0 Å². The average Bonchev–Trinajstić information content (AvgIpc) is 2.83. The zero-order valence-corrected chi connectivity index (χ0v) is 12.0. The van der Waals surface area contributed by atoms with Crippen molar-refractivity contribution in [3.05, 3.63) is 11.7 Å². The van der Waals surface area contributed by atoms with Gasteiger partial charge in [-0.2, -0.15) is 4.98 Å². The molecule has 1 rings (SSSR count). The number of likely N-dealkylation sites (N-methyl/N-ethyl adjacent to an activating group) is 1. The Labute approximate surface area is 113 Å². The minimum Gasteiger partial charge on any atom is -0.383 e. The molecule has 0 saturated heterocycles. The fourth-order valence-corrected chi connectivity index (χ4v) is 1.46. The highest BCUT2D eigenvalue weighted by molar-refractivity contribution is 5.77. The van der Waals surface area contributed by atoms with Crippen LogP contribution in [0.5, 0.6) is 0 Å². The van der Waals surface area contributed by atoms with E-state index in [1.807, 2.05) is 11.8 Å². The molecule has 1 aromatic heterocycles. The molecule has 0 radical (unpaired) electrons. The molecule has 0 unspecified atom stereocenters. The van der Waals surface area contributed by atoms with Gasteiger partial charge in [0.05, 0.1) is 19.7 Å². The molecule has 0 fully saturated rings. The lowest BCUT2D eigenvalue weighted by Gasteiger charge is -2.21. The molecule has 1 aromatic rings. The van der Waals surface area contributed by atoms with Gasteiger partial charge in [-0.15, -0.1) is 0 Å². The van der Waals surface area contributed by atoms with E-state index in [9.17, 15) is 4.79 Å². The van der Waals surface area contributed by atoms with Gasteiger partial charge in [0, 0.05) is 34.2 Å². The van der Waals surface area contributed by atoms with E-state index in [1.165, 1.54) is 0 Å². The lowest BCUT2D eigenvalue weighted by Crippen LogP contribution is -2.38. The number of ether oxygens (including phenoxy) is 1. The number of carbonyl (C=O) groups excluding carboxylic acids is 1. The molecule has 19 heavy (non-hydrogen) atoms. The minimum atomic E-state index is 0.0336. The molecule has 0 aliphatic rings.